The molecule has 2 aromatic rings. The van der Waals surface area contributed by atoms with Gasteiger partial charge in [0.1, 0.15) is 5.82 Å². The van der Waals surface area contributed by atoms with Crippen molar-refractivity contribution in [3.63, 3.8) is 0 Å². The minimum Gasteiger partial charge on any atom is -0.384 e. The van der Waals surface area contributed by atoms with Gasteiger partial charge in [0.15, 0.2) is 5.82 Å². The molecule has 1 aliphatic rings. The normalized spacial score (nSPS) is 14.4. The Morgan fingerprint density at radius 2 is 2.12 bits per heavy atom. The Bertz CT molecular complexity index is 551. The molecule has 0 amide bonds. The molecule has 3 rings (SSSR count). The lowest BCUT2D eigenvalue weighted by Gasteiger charge is -2.17. The number of anilines is 1. The summed E-state index contributed by atoms with van der Waals surface area (Å²) in [5.41, 5.74) is 9.44. The van der Waals surface area contributed by atoms with E-state index >= 15 is 0 Å². The second-order valence-corrected chi connectivity index (χ2v) is 4.22. The molecular formula is C13H14N4. The molecule has 0 bridgehead atoms. The zero-order valence-corrected chi connectivity index (χ0v) is 9.48. The van der Waals surface area contributed by atoms with E-state index in [1.807, 2.05) is 0 Å². The van der Waals surface area contributed by atoms with Crippen LogP contribution in [0.3, 0.4) is 0 Å². The largest absolute Gasteiger partial charge is 0.384 e. The van der Waals surface area contributed by atoms with Crippen LogP contribution in [0.2, 0.25) is 0 Å². The lowest BCUT2D eigenvalue weighted by Crippen LogP contribution is -2.23. The number of hydrogen-bond acceptors (Lipinski definition) is 4. The van der Waals surface area contributed by atoms with Crippen molar-refractivity contribution in [3.05, 3.63) is 41.6 Å². The summed E-state index contributed by atoms with van der Waals surface area (Å²) in [4.78, 5) is 8.49. The highest BCUT2D eigenvalue weighted by Crippen LogP contribution is 2.21. The number of aromatic nitrogens is 2. The minimum absolute atomic E-state index is 0.505. The fourth-order valence-corrected chi connectivity index (χ4v) is 2.13. The van der Waals surface area contributed by atoms with Crippen LogP contribution in [0.4, 0.5) is 5.82 Å². The van der Waals surface area contributed by atoms with E-state index in [-0.39, 0.29) is 0 Å². The van der Waals surface area contributed by atoms with Gasteiger partial charge in [-0.1, -0.05) is 12.1 Å². The number of nitrogen functional groups attached to an aromatic ring is 1. The van der Waals surface area contributed by atoms with E-state index < -0.39 is 0 Å². The maximum Gasteiger partial charge on any atom is 0.161 e. The Kier molecular flexibility index (Phi) is 2.49. The van der Waals surface area contributed by atoms with Crippen LogP contribution in [-0.2, 0) is 13.0 Å². The number of nitrogens with two attached hydrogens (primary N) is 1. The molecule has 1 aromatic carbocycles. The average Bonchev–Trinajstić information content (AvgIpc) is 2.38. The molecule has 17 heavy (non-hydrogen) atoms. The van der Waals surface area contributed by atoms with E-state index in [0.717, 1.165) is 25.1 Å². The van der Waals surface area contributed by atoms with Gasteiger partial charge in [0.25, 0.3) is 0 Å². The van der Waals surface area contributed by atoms with Crippen molar-refractivity contribution in [1.82, 2.24) is 15.3 Å². The van der Waals surface area contributed by atoms with Crippen LogP contribution in [0.5, 0.6) is 0 Å². The number of nitrogens with zero attached hydrogens (tertiary/aromatic N) is 2. The summed E-state index contributed by atoms with van der Waals surface area (Å²) in [6.45, 7) is 1.98. The van der Waals surface area contributed by atoms with Crippen molar-refractivity contribution >= 4 is 5.82 Å². The summed E-state index contributed by atoms with van der Waals surface area (Å²) >= 11 is 0. The zero-order valence-electron chi connectivity index (χ0n) is 9.48. The van der Waals surface area contributed by atoms with Crippen LogP contribution in [0.25, 0.3) is 11.4 Å². The van der Waals surface area contributed by atoms with E-state index in [0.29, 0.717) is 11.6 Å². The Labute approximate surface area is 99.9 Å². The van der Waals surface area contributed by atoms with Gasteiger partial charge in [0.05, 0.1) is 0 Å². The van der Waals surface area contributed by atoms with Crippen LogP contribution in [0.1, 0.15) is 11.1 Å². The molecule has 0 saturated carbocycles. The highest BCUT2D eigenvalue weighted by molar-refractivity contribution is 5.59. The molecule has 0 spiro atoms. The second-order valence-electron chi connectivity index (χ2n) is 4.22. The van der Waals surface area contributed by atoms with E-state index in [1.165, 1.54) is 11.1 Å². The number of rotatable bonds is 1. The summed E-state index contributed by atoms with van der Waals surface area (Å²) in [5, 5.41) is 3.37. The average molecular weight is 226 g/mol. The van der Waals surface area contributed by atoms with E-state index in [2.05, 4.69) is 33.5 Å². The van der Waals surface area contributed by atoms with Gasteiger partial charge in [-0.3, -0.25) is 0 Å². The SMILES string of the molecule is Nc1ccnc(-c2ccc3c(c2)CNCC3)n1. The van der Waals surface area contributed by atoms with Crippen LogP contribution < -0.4 is 11.1 Å². The third kappa shape index (κ3) is 1.99. The molecule has 1 aromatic heterocycles. The van der Waals surface area contributed by atoms with Gasteiger partial charge in [-0.15, -0.1) is 0 Å². The molecule has 0 saturated heterocycles. The van der Waals surface area contributed by atoms with Crippen molar-refractivity contribution in [3.8, 4) is 11.4 Å². The molecule has 0 aliphatic carbocycles. The first-order valence-electron chi connectivity index (χ1n) is 5.74. The Morgan fingerprint density at radius 1 is 1.18 bits per heavy atom. The lowest BCUT2D eigenvalue weighted by atomic mass is 9.98. The van der Waals surface area contributed by atoms with Crippen LogP contribution in [-0.4, -0.2) is 16.5 Å². The third-order valence-electron chi connectivity index (χ3n) is 3.03. The number of fused-ring (bicyclic) bond motifs is 1. The molecule has 4 heteroatoms. The molecule has 0 fully saturated rings. The molecule has 0 radical (unpaired) electrons. The van der Waals surface area contributed by atoms with Crippen LogP contribution >= 0.6 is 0 Å². The van der Waals surface area contributed by atoms with Crippen molar-refractivity contribution in [2.45, 2.75) is 13.0 Å². The highest BCUT2D eigenvalue weighted by atomic mass is 14.9. The first-order chi connectivity index (χ1) is 8.33. The summed E-state index contributed by atoms with van der Waals surface area (Å²) < 4.78 is 0. The first-order valence-corrected chi connectivity index (χ1v) is 5.74. The predicted octanol–water partition coefficient (Wildman–Crippen LogP) is 1.37. The smallest absolute Gasteiger partial charge is 0.161 e. The fourth-order valence-electron chi connectivity index (χ4n) is 2.13. The van der Waals surface area contributed by atoms with Crippen LogP contribution in [0, 0.1) is 0 Å². The Balaban J connectivity index is 2.04. The van der Waals surface area contributed by atoms with Gasteiger partial charge in [-0.2, -0.15) is 0 Å². The van der Waals surface area contributed by atoms with Gasteiger partial charge >= 0.3 is 0 Å². The summed E-state index contributed by atoms with van der Waals surface area (Å²) in [6.07, 6.45) is 2.78. The topological polar surface area (TPSA) is 63.8 Å². The molecular weight excluding hydrogens is 212 g/mol. The van der Waals surface area contributed by atoms with E-state index in [9.17, 15) is 0 Å². The highest BCUT2D eigenvalue weighted by Gasteiger charge is 2.10. The number of nitrogens with one attached hydrogen (secondary N) is 1. The quantitative estimate of drug-likeness (QED) is 0.771. The molecule has 86 valence electrons. The molecule has 4 nitrogen and oxygen atoms in total. The third-order valence-corrected chi connectivity index (χ3v) is 3.03. The summed E-state index contributed by atoms with van der Waals surface area (Å²) in [6, 6.07) is 8.08. The maximum absolute atomic E-state index is 5.67. The van der Waals surface area contributed by atoms with Crippen molar-refractivity contribution in [1.29, 1.82) is 0 Å². The monoisotopic (exact) mass is 226 g/mol. The van der Waals surface area contributed by atoms with Gasteiger partial charge in [-0.25, -0.2) is 9.97 Å². The van der Waals surface area contributed by atoms with Crippen molar-refractivity contribution in [2.75, 3.05) is 12.3 Å². The predicted molar refractivity (Wildman–Crippen MR) is 67.3 cm³/mol. The molecule has 2 heterocycles. The standard InChI is InChI=1S/C13H14N4/c14-12-4-6-16-13(17-12)10-2-1-9-3-5-15-8-11(9)7-10/h1-2,4,6-7,15H,3,5,8H2,(H2,14,16,17). The van der Waals surface area contributed by atoms with Gasteiger partial charge in [-0.05, 0) is 36.2 Å². The number of hydrogen-bond donors (Lipinski definition) is 2. The zero-order chi connectivity index (χ0) is 11.7. The summed E-state index contributed by atoms with van der Waals surface area (Å²) in [7, 11) is 0. The second kappa shape index (κ2) is 4.14. The van der Waals surface area contributed by atoms with Gasteiger partial charge in [0, 0.05) is 18.3 Å². The van der Waals surface area contributed by atoms with Gasteiger partial charge < -0.3 is 11.1 Å². The van der Waals surface area contributed by atoms with Crippen molar-refractivity contribution < 1.29 is 0 Å². The van der Waals surface area contributed by atoms with Crippen molar-refractivity contribution in [2.24, 2.45) is 0 Å². The Morgan fingerprint density at radius 3 is 3.00 bits per heavy atom. The Hall–Kier alpha value is -1.94. The molecule has 0 unspecified atom stereocenters. The van der Waals surface area contributed by atoms with Gasteiger partial charge in [0.2, 0.25) is 0 Å². The molecule has 3 N–H and O–H groups in total. The van der Waals surface area contributed by atoms with E-state index in [1.54, 1.807) is 12.3 Å². The molecule has 1 aliphatic heterocycles. The number of benzene rings is 1. The maximum atomic E-state index is 5.67. The minimum atomic E-state index is 0.505. The van der Waals surface area contributed by atoms with E-state index in [4.69, 9.17) is 5.73 Å². The first kappa shape index (κ1) is 10.2. The van der Waals surface area contributed by atoms with Crippen LogP contribution in [0.15, 0.2) is 30.5 Å². The molecule has 0 atom stereocenters. The summed E-state index contributed by atoms with van der Waals surface area (Å²) in [5.74, 6) is 1.20. The lowest BCUT2D eigenvalue weighted by molar-refractivity contribution is 0.644. The fraction of sp³-hybridized carbons (Fsp3) is 0.231.